The first kappa shape index (κ1) is 24.8. The standard InChI is InChI=1S/C22H22O12/c23-9-15-18(29)20(34-21(31)11-7-13(25)17(28)14(26)8-11)19(30)22(32-15)33-16(27)6-3-10-1-4-12(24)5-2-10/h1-8,15,18-20,22-26,28-30H,9H2/t15-,18-,19-,20+,22+/m1/s1. The van der Waals surface area contributed by atoms with Crippen molar-refractivity contribution in [2.45, 2.75) is 30.7 Å². The summed E-state index contributed by atoms with van der Waals surface area (Å²) in [6.45, 7) is -0.778. The molecule has 1 fully saturated rings. The molecule has 1 saturated heterocycles. The molecule has 1 aliphatic rings. The Morgan fingerprint density at radius 1 is 0.941 bits per heavy atom. The zero-order chi connectivity index (χ0) is 25.0. The van der Waals surface area contributed by atoms with Gasteiger partial charge in [-0.2, -0.15) is 0 Å². The van der Waals surface area contributed by atoms with Crippen LogP contribution in [0.3, 0.4) is 0 Å². The molecule has 12 nitrogen and oxygen atoms in total. The number of aliphatic hydroxyl groups excluding tert-OH is 3. The number of hydrogen-bond acceptors (Lipinski definition) is 12. The largest absolute Gasteiger partial charge is 0.508 e. The molecule has 1 heterocycles. The second kappa shape index (κ2) is 10.4. The summed E-state index contributed by atoms with van der Waals surface area (Å²) in [6.07, 6.45) is -6.13. The summed E-state index contributed by atoms with van der Waals surface area (Å²) in [4.78, 5) is 24.6. The van der Waals surface area contributed by atoms with E-state index < -0.39 is 72.1 Å². The summed E-state index contributed by atoms with van der Waals surface area (Å²) in [5.74, 6) is -4.66. The molecule has 0 unspecified atom stereocenters. The molecule has 182 valence electrons. The molecule has 0 aromatic heterocycles. The van der Waals surface area contributed by atoms with Gasteiger partial charge in [-0.3, -0.25) is 0 Å². The number of aliphatic hydroxyl groups is 3. The van der Waals surface area contributed by atoms with Gasteiger partial charge in [0.2, 0.25) is 6.29 Å². The monoisotopic (exact) mass is 478 g/mol. The Hall–Kier alpha value is -3.84. The van der Waals surface area contributed by atoms with Crippen LogP contribution in [0, 0.1) is 0 Å². The fourth-order valence-corrected chi connectivity index (χ4v) is 3.11. The topological polar surface area (TPSA) is 203 Å². The smallest absolute Gasteiger partial charge is 0.338 e. The van der Waals surface area contributed by atoms with E-state index in [2.05, 4.69) is 0 Å². The molecule has 7 N–H and O–H groups in total. The van der Waals surface area contributed by atoms with Gasteiger partial charge < -0.3 is 50.0 Å². The van der Waals surface area contributed by atoms with Gasteiger partial charge in [-0.15, -0.1) is 0 Å². The Kier molecular flexibility index (Phi) is 7.58. The highest BCUT2D eigenvalue weighted by Crippen LogP contribution is 2.36. The highest BCUT2D eigenvalue weighted by Gasteiger charge is 2.48. The summed E-state index contributed by atoms with van der Waals surface area (Å²) in [5, 5.41) is 68.1. The van der Waals surface area contributed by atoms with E-state index in [4.69, 9.17) is 14.2 Å². The number of carbonyl (C=O) groups is 2. The maximum Gasteiger partial charge on any atom is 0.338 e. The number of benzene rings is 2. The fourth-order valence-electron chi connectivity index (χ4n) is 3.11. The van der Waals surface area contributed by atoms with Gasteiger partial charge in [0, 0.05) is 6.08 Å². The van der Waals surface area contributed by atoms with E-state index >= 15 is 0 Å². The van der Waals surface area contributed by atoms with Crippen molar-refractivity contribution in [3.63, 3.8) is 0 Å². The van der Waals surface area contributed by atoms with Gasteiger partial charge in [0.1, 0.15) is 18.0 Å². The molecule has 5 atom stereocenters. The van der Waals surface area contributed by atoms with Crippen LogP contribution in [0.5, 0.6) is 23.0 Å². The molecule has 2 aromatic carbocycles. The predicted molar refractivity (Wildman–Crippen MR) is 112 cm³/mol. The van der Waals surface area contributed by atoms with Crippen molar-refractivity contribution in [1.29, 1.82) is 0 Å². The van der Waals surface area contributed by atoms with Gasteiger partial charge >= 0.3 is 11.9 Å². The first-order chi connectivity index (χ1) is 16.1. The highest BCUT2D eigenvalue weighted by atomic mass is 16.7. The van der Waals surface area contributed by atoms with E-state index in [0.717, 1.165) is 18.2 Å². The molecular formula is C22H22O12. The molecule has 34 heavy (non-hydrogen) atoms. The lowest BCUT2D eigenvalue weighted by Gasteiger charge is -2.40. The third-order valence-corrected chi connectivity index (χ3v) is 4.91. The average Bonchev–Trinajstić information content (AvgIpc) is 2.81. The average molecular weight is 478 g/mol. The van der Waals surface area contributed by atoms with Gasteiger partial charge in [0.05, 0.1) is 12.2 Å². The van der Waals surface area contributed by atoms with Crippen molar-refractivity contribution in [2.24, 2.45) is 0 Å². The molecule has 0 bridgehead atoms. The molecule has 0 radical (unpaired) electrons. The molecule has 0 saturated carbocycles. The number of ether oxygens (including phenoxy) is 3. The molecule has 2 aromatic rings. The molecule has 3 rings (SSSR count). The van der Waals surface area contributed by atoms with Crippen LogP contribution in [0.1, 0.15) is 15.9 Å². The van der Waals surface area contributed by atoms with Crippen molar-refractivity contribution >= 4 is 18.0 Å². The summed E-state index contributed by atoms with van der Waals surface area (Å²) < 4.78 is 15.3. The number of phenolic OH excluding ortho intramolecular Hbond substituents is 4. The Labute approximate surface area is 192 Å². The quantitative estimate of drug-likeness (QED) is 0.163. The second-order valence-corrected chi connectivity index (χ2v) is 7.30. The lowest BCUT2D eigenvalue weighted by Crippen LogP contribution is -2.60. The van der Waals surface area contributed by atoms with E-state index in [1.54, 1.807) is 0 Å². The predicted octanol–water partition coefficient (Wildman–Crippen LogP) is -0.270. The molecule has 0 aliphatic carbocycles. The van der Waals surface area contributed by atoms with Gasteiger partial charge in [0.15, 0.2) is 29.5 Å². The van der Waals surface area contributed by atoms with E-state index in [9.17, 15) is 45.3 Å². The third-order valence-electron chi connectivity index (χ3n) is 4.91. The maximum absolute atomic E-state index is 12.4. The second-order valence-electron chi connectivity index (χ2n) is 7.30. The zero-order valence-electron chi connectivity index (χ0n) is 17.4. The number of rotatable bonds is 6. The van der Waals surface area contributed by atoms with Crippen LogP contribution in [-0.4, -0.2) is 85.0 Å². The number of aromatic hydroxyl groups is 4. The van der Waals surface area contributed by atoms with Crippen LogP contribution in [-0.2, 0) is 19.0 Å². The van der Waals surface area contributed by atoms with Gasteiger partial charge in [-0.05, 0) is 35.9 Å². The fraction of sp³-hybridized carbons (Fsp3) is 0.273. The summed E-state index contributed by atoms with van der Waals surface area (Å²) >= 11 is 0. The summed E-state index contributed by atoms with van der Waals surface area (Å²) in [6, 6.07) is 7.42. The van der Waals surface area contributed by atoms with Crippen LogP contribution < -0.4 is 0 Å². The number of esters is 2. The van der Waals surface area contributed by atoms with E-state index in [1.165, 1.54) is 30.3 Å². The summed E-state index contributed by atoms with van der Waals surface area (Å²) in [5.41, 5.74) is 0.125. The Balaban J connectivity index is 1.73. The maximum atomic E-state index is 12.4. The van der Waals surface area contributed by atoms with Crippen LogP contribution in [0.15, 0.2) is 42.5 Å². The minimum Gasteiger partial charge on any atom is -0.508 e. The normalized spacial score (nSPS) is 24.6. The van der Waals surface area contributed by atoms with E-state index in [1.807, 2.05) is 0 Å². The van der Waals surface area contributed by atoms with Gasteiger partial charge in [0.25, 0.3) is 0 Å². The van der Waals surface area contributed by atoms with Crippen LogP contribution in [0.4, 0.5) is 0 Å². The number of hydrogen-bond donors (Lipinski definition) is 7. The lowest BCUT2D eigenvalue weighted by molar-refractivity contribution is -0.290. The number of phenols is 4. The van der Waals surface area contributed by atoms with Crippen LogP contribution >= 0.6 is 0 Å². The molecular weight excluding hydrogens is 456 g/mol. The first-order valence-electron chi connectivity index (χ1n) is 9.86. The van der Waals surface area contributed by atoms with Crippen molar-refractivity contribution in [2.75, 3.05) is 6.61 Å². The van der Waals surface area contributed by atoms with Crippen LogP contribution in [0.2, 0.25) is 0 Å². The van der Waals surface area contributed by atoms with E-state index in [0.29, 0.717) is 5.56 Å². The molecule has 1 aliphatic heterocycles. The van der Waals surface area contributed by atoms with Crippen molar-refractivity contribution in [1.82, 2.24) is 0 Å². The van der Waals surface area contributed by atoms with Crippen LogP contribution in [0.25, 0.3) is 6.08 Å². The molecule has 0 amide bonds. The van der Waals surface area contributed by atoms with Gasteiger partial charge in [-0.25, -0.2) is 9.59 Å². The Bertz CT molecular complexity index is 1040. The molecule has 12 heteroatoms. The van der Waals surface area contributed by atoms with Crippen molar-refractivity contribution < 1.29 is 59.5 Å². The Morgan fingerprint density at radius 2 is 1.56 bits per heavy atom. The van der Waals surface area contributed by atoms with Gasteiger partial charge in [-0.1, -0.05) is 12.1 Å². The minimum absolute atomic E-state index is 0.0328. The highest BCUT2D eigenvalue weighted by molar-refractivity contribution is 5.91. The van der Waals surface area contributed by atoms with Crippen molar-refractivity contribution in [3.05, 3.63) is 53.6 Å². The lowest BCUT2D eigenvalue weighted by atomic mass is 9.99. The van der Waals surface area contributed by atoms with E-state index in [-0.39, 0.29) is 5.75 Å². The third kappa shape index (κ3) is 5.55. The minimum atomic E-state index is -1.88. The van der Waals surface area contributed by atoms with Crippen molar-refractivity contribution in [3.8, 4) is 23.0 Å². The Morgan fingerprint density at radius 3 is 2.15 bits per heavy atom. The first-order valence-corrected chi connectivity index (χ1v) is 9.86. The zero-order valence-corrected chi connectivity index (χ0v) is 17.4. The number of carbonyl (C=O) groups excluding carboxylic acids is 2. The molecule has 0 spiro atoms. The summed E-state index contributed by atoms with van der Waals surface area (Å²) in [7, 11) is 0. The SMILES string of the molecule is O=C(C=Cc1ccc(O)cc1)O[C@@H]1O[C@H](CO)[C@@H](O)[C@H](OC(=O)c2cc(O)c(O)c(O)c2)[C@H]1O.